The van der Waals surface area contributed by atoms with Crippen molar-refractivity contribution in [3.8, 4) is 17.3 Å². The van der Waals surface area contributed by atoms with Crippen LogP contribution in [0, 0.1) is 20.8 Å². The third-order valence-corrected chi connectivity index (χ3v) is 5.32. The summed E-state index contributed by atoms with van der Waals surface area (Å²) in [5, 5.41) is 15.2. The highest BCUT2D eigenvalue weighted by Crippen LogP contribution is 2.30. The number of pyridine rings is 1. The van der Waals surface area contributed by atoms with Gasteiger partial charge in [-0.3, -0.25) is 9.89 Å². The van der Waals surface area contributed by atoms with Crippen molar-refractivity contribution < 1.29 is 9.53 Å². The molecule has 1 amide bonds. The van der Waals surface area contributed by atoms with Gasteiger partial charge in [-0.15, -0.1) is 5.10 Å². The third-order valence-electron chi connectivity index (χ3n) is 5.32. The van der Waals surface area contributed by atoms with Gasteiger partial charge in [-0.05, 0) is 50.5 Å². The number of ether oxygens (including phenoxy) is 1. The van der Waals surface area contributed by atoms with Gasteiger partial charge in [0.1, 0.15) is 5.82 Å². The van der Waals surface area contributed by atoms with Crippen molar-refractivity contribution in [1.82, 2.24) is 29.9 Å². The first-order valence-electron chi connectivity index (χ1n) is 10.0. The van der Waals surface area contributed by atoms with Crippen LogP contribution in [-0.4, -0.2) is 43.0 Å². The van der Waals surface area contributed by atoms with Crippen LogP contribution in [0.4, 0.5) is 5.69 Å². The summed E-state index contributed by atoms with van der Waals surface area (Å²) in [5.41, 5.74) is 5.30. The first kappa shape index (κ1) is 20.5. The molecule has 9 heteroatoms. The van der Waals surface area contributed by atoms with Crippen LogP contribution in [-0.2, 0) is 18.3 Å². The molecule has 4 rings (SSSR count). The van der Waals surface area contributed by atoms with Crippen LogP contribution in [0.2, 0.25) is 0 Å². The molecule has 2 N–H and O–H groups in total. The van der Waals surface area contributed by atoms with Gasteiger partial charge >= 0.3 is 0 Å². The van der Waals surface area contributed by atoms with Crippen molar-refractivity contribution in [2.45, 2.75) is 33.6 Å². The molecule has 0 aliphatic carbocycles. The van der Waals surface area contributed by atoms with Gasteiger partial charge in [0.15, 0.2) is 11.5 Å². The van der Waals surface area contributed by atoms with E-state index in [1.807, 2.05) is 52.1 Å². The predicted octanol–water partition coefficient (Wildman–Crippen LogP) is 3.26. The maximum absolute atomic E-state index is 12.6. The van der Waals surface area contributed by atoms with E-state index in [9.17, 15) is 4.79 Å². The SMILES string of the molecule is COc1nn(C)c2nc(C)c(CCC(=O)Nc3cccc(-c4n[nH]c(C)n4)c3)c(C)c12. The van der Waals surface area contributed by atoms with Gasteiger partial charge < -0.3 is 10.1 Å². The third kappa shape index (κ3) is 3.98. The molecule has 160 valence electrons. The lowest BCUT2D eigenvalue weighted by Crippen LogP contribution is -2.13. The minimum absolute atomic E-state index is 0.0691. The highest BCUT2D eigenvalue weighted by Gasteiger charge is 2.18. The number of anilines is 1. The van der Waals surface area contributed by atoms with E-state index >= 15 is 0 Å². The minimum atomic E-state index is -0.0691. The first-order valence-corrected chi connectivity index (χ1v) is 10.0. The number of rotatable bonds is 6. The fraction of sp³-hybridized carbons (Fsp3) is 0.318. The summed E-state index contributed by atoms with van der Waals surface area (Å²) in [6.45, 7) is 5.83. The Kier molecular flexibility index (Phi) is 5.41. The number of nitrogens with zero attached hydrogens (tertiary/aromatic N) is 5. The average molecular weight is 419 g/mol. The maximum atomic E-state index is 12.6. The van der Waals surface area contributed by atoms with Crippen LogP contribution in [0.1, 0.15) is 29.1 Å². The molecule has 0 aliphatic rings. The van der Waals surface area contributed by atoms with Crippen LogP contribution >= 0.6 is 0 Å². The number of H-pyrrole nitrogens is 1. The van der Waals surface area contributed by atoms with E-state index in [0.717, 1.165) is 39.2 Å². The van der Waals surface area contributed by atoms with Gasteiger partial charge in [0.2, 0.25) is 11.8 Å². The molecule has 3 heterocycles. The Morgan fingerprint density at radius 2 is 2.03 bits per heavy atom. The largest absolute Gasteiger partial charge is 0.479 e. The Labute approximate surface area is 179 Å². The van der Waals surface area contributed by atoms with Crippen molar-refractivity contribution in [2.24, 2.45) is 7.05 Å². The van der Waals surface area contributed by atoms with E-state index in [-0.39, 0.29) is 5.91 Å². The first-order chi connectivity index (χ1) is 14.9. The van der Waals surface area contributed by atoms with Crippen molar-refractivity contribution in [3.63, 3.8) is 0 Å². The second-order valence-corrected chi connectivity index (χ2v) is 7.51. The second-order valence-electron chi connectivity index (χ2n) is 7.51. The lowest BCUT2D eigenvalue weighted by Gasteiger charge is -2.11. The molecule has 0 bridgehead atoms. The van der Waals surface area contributed by atoms with Crippen LogP contribution in [0.3, 0.4) is 0 Å². The van der Waals surface area contributed by atoms with Crippen molar-refractivity contribution in [3.05, 3.63) is 46.9 Å². The number of aromatic nitrogens is 6. The summed E-state index contributed by atoms with van der Waals surface area (Å²) in [6, 6.07) is 7.50. The van der Waals surface area contributed by atoms with E-state index in [1.54, 1.807) is 11.8 Å². The second kappa shape index (κ2) is 8.17. The normalized spacial score (nSPS) is 11.1. The van der Waals surface area contributed by atoms with E-state index in [4.69, 9.17) is 4.74 Å². The predicted molar refractivity (Wildman–Crippen MR) is 118 cm³/mol. The lowest BCUT2D eigenvalue weighted by atomic mass is 10.00. The van der Waals surface area contributed by atoms with Gasteiger partial charge in [0.05, 0.1) is 12.5 Å². The van der Waals surface area contributed by atoms with E-state index in [0.29, 0.717) is 30.2 Å². The fourth-order valence-corrected chi connectivity index (χ4v) is 3.78. The van der Waals surface area contributed by atoms with Crippen LogP contribution in [0.5, 0.6) is 5.88 Å². The number of hydrogen-bond acceptors (Lipinski definition) is 6. The molecule has 0 radical (unpaired) electrons. The van der Waals surface area contributed by atoms with Crippen LogP contribution < -0.4 is 10.1 Å². The van der Waals surface area contributed by atoms with E-state index in [2.05, 4.69) is 30.6 Å². The van der Waals surface area contributed by atoms with Crippen LogP contribution in [0.15, 0.2) is 24.3 Å². The number of fused-ring (bicyclic) bond motifs is 1. The zero-order valence-corrected chi connectivity index (χ0v) is 18.3. The van der Waals surface area contributed by atoms with Gasteiger partial charge in [-0.1, -0.05) is 12.1 Å². The Morgan fingerprint density at radius 3 is 2.74 bits per heavy atom. The van der Waals surface area contributed by atoms with Gasteiger partial charge in [-0.2, -0.15) is 5.10 Å². The van der Waals surface area contributed by atoms with E-state index in [1.165, 1.54) is 0 Å². The van der Waals surface area contributed by atoms with Crippen molar-refractivity contribution >= 4 is 22.6 Å². The van der Waals surface area contributed by atoms with Crippen LogP contribution in [0.25, 0.3) is 22.4 Å². The number of aryl methyl sites for hydroxylation is 4. The quantitative estimate of drug-likeness (QED) is 0.496. The number of nitrogens with one attached hydrogen (secondary N) is 2. The highest BCUT2D eigenvalue weighted by molar-refractivity contribution is 5.92. The molecule has 0 aliphatic heterocycles. The molecule has 0 atom stereocenters. The fourth-order valence-electron chi connectivity index (χ4n) is 3.78. The number of carbonyl (C=O) groups is 1. The summed E-state index contributed by atoms with van der Waals surface area (Å²) >= 11 is 0. The van der Waals surface area contributed by atoms with Gasteiger partial charge in [-0.25, -0.2) is 14.6 Å². The molecule has 0 unspecified atom stereocenters. The highest BCUT2D eigenvalue weighted by atomic mass is 16.5. The Balaban J connectivity index is 1.50. The molecule has 0 fully saturated rings. The van der Waals surface area contributed by atoms with E-state index < -0.39 is 0 Å². The molecule has 31 heavy (non-hydrogen) atoms. The summed E-state index contributed by atoms with van der Waals surface area (Å²) in [7, 11) is 3.44. The zero-order chi connectivity index (χ0) is 22.1. The number of carbonyl (C=O) groups excluding carboxylic acids is 1. The Hall–Kier alpha value is -3.75. The molecule has 0 spiro atoms. The lowest BCUT2D eigenvalue weighted by molar-refractivity contribution is -0.116. The number of hydrogen-bond donors (Lipinski definition) is 2. The molecular weight excluding hydrogens is 394 g/mol. The number of methoxy groups -OCH3 is 1. The molecule has 4 aromatic rings. The number of benzene rings is 1. The molecule has 0 saturated carbocycles. The van der Waals surface area contributed by atoms with Gasteiger partial charge in [0.25, 0.3) is 0 Å². The molecule has 9 nitrogen and oxygen atoms in total. The number of aromatic amines is 1. The summed E-state index contributed by atoms with van der Waals surface area (Å²) in [4.78, 5) is 21.7. The Morgan fingerprint density at radius 1 is 1.23 bits per heavy atom. The van der Waals surface area contributed by atoms with Gasteiger partial charge in [0, 0.05) is 30.4 Å². The average Bonchev–Trinajstić information content (AvgIpc) is 3.31. The van der Waals surface area contributed by atoms with Crippen molar-refractivity contribution in [1.29, 1.82) is 0 Å². The summed E-state index contributed by atoms with van der Waals surface area (Å²) < 4.78 is 7.13. The molecular formula is C22H25N7O2. The molecule has 0 saturated heterocycles. The Bertz CT molecular complexity index is 1270. The zero-order valence-electron chi connectivity index (χ0n) is 18.3. The molecule has 1 aromatic carbocycles. The minimum Gasteiger partial charge on any atom is -0.479 e. The monoisotopic (exact) mass is 419 g/mol. The smallest absolute Gasteiger partial charge is 0.242 e. The summed E-state index contributed by atoms with van der Waals surface area (Å²) in [6.07, 6.45) is 0.908. The molecule has 3 aromatic heterocycles. The standard InChI is InChI=1S/C22H25N7O2/c1-12-17(13(2)23-21-19(12)22(31-5)28-29(21)4)9-10-18(30)25-16-8-6-7-15(11-16)20-24-14(3)26-27-20/h6-8,11H,9-10H2,1-5H3,(H,25,30)(H,24,26,27). The topological polar surface area (TPSA) is 111 Å². The summed E-state index contributed by atoms with van der Waals surface area (Å²) in [5.74, 6) is 1.82. The van der Waals surface area contributed by atoms with Crippen molar-refractivity contribution in [2.75, 3.05) is 12.4 Å². The number of amides is 1. The maximum Gasteiger partial charge on any atom is 0.242 e.